The van der Waals surface area contributed by atoms with Crippen LogP contribution < -0.4 is 15.0 Å². The van der Waals surface area contributed by atoms with E-state index in [0.29, 0.717) is 5.88 Å². The van der Waals surface area contributed by atoms with Gasteiger partial charge in [0, 0.05) is 13.1 Å². The third-order valence-corrected chi connectivity index (χ3v) is 3.80. The van der Waals surface area contributed by atoms with Crippen LogP contribution in [0, 0.1) is 12.8 Å². The zero-order chi connectivity index (χ0) is 13.7. The van der Waals surface area contributed by atoms with Crippen LogP contribution in [0.15, 0.2) is 6.33 Å². The maximum atomic E-state index is 5.26. The molecular formula is C14H24N4O. The van der Waals surface area contributed by atoms with Crippen molar-refractivity contribution in [3.05, 3.63) is 11.9 Å². The van der Waals surface area contributed by atoms with E-state index in [4.69, 9.17) is 4.74 Å². The van der Waals surface area contributed by atoms with Crippen LogP contribution in [0.1, 0.15) is 25.3 Å². The highest BCUT2D eigenvalue weighted by molar-refractivity contribution is 5.50. The predicted octanol–water partition coefficient (Wildman–Crippen LogP) is 1.62. The second-order valence-electron chi connectivity index (χ2n) is 5.07. The zero-order valence-corrected chi connectivity index (χ0v) is 12.1. The predicted molar refractivity (Wildman–Crippen MR) is 76.8 cm³/mol. The molecule has 1 aliphatic heterocycles. The third kappa shape index (κ3) is 3.35. The van der Waals surface area contributed by atoms with Gasteiger partial charge in [-0.1, -0.05) is 6.92 Å². The van der Waals surface area contributed by atoms with Gasteiger partial charge in [-0.3, -0.25) is 0 Å². The van der Waals surface area contributed by atoms with E-state index in [1.807, 2.05) is 6.92 Å². The largest absolute Gasteiger partial charge is 0.481 e. The van der Waals surface area contributed by atoms with Crippen LogP contribution >= 0.6 is 0 Å². The number of aromatic nitrogens is 2. The summed E-state index contributed by atoms with van der Waals surface area (Å²) < 4.78 is 5.26. The number of rotatable bonds is 5. The molecule has 1 N–H and O–H groups in total. The highest BCUT2D eigenvalue weighted by Crippen LogP contribution is 2.27. The molecule has 0 aliphatic carbocycles. The molecule has 1 aromatic heterocycles. The Morgan fingerprint density at radius 2 is 2.11 bits per heavy atom. The average Bonchev–Trinajstić information content (AvgIpc) is 2.46. The summed E-state index contributed by atoms with van der Waals surface area (Å²) in [5.74, 6) is 2.49. The fourth-order valence-corrected chi connectivity index (χ4v) is 2.65. The molecule has 1 aromatic rings. The highest BCUT2D eigenvalue weighted by Gasteiger charge is 2.22. The minimum atomic E-state index is 0.680. The molecule has 106 valence electrons. The molecule has 0 atom stereocenters. The van der Waals surface area contributed by atoms with Crippen molar-refractivity contribution in [2.75, 3.05) is 38.2 Å². The fraction of sp³-hybridized carbons (Fsp3) is 0.714. The molecule has 0 unspecified atom stereocenters. The lowest BCUT2D eigenvalue weighted by atomic mass is 9.96. The molecule has 1 fully saturated rings. The molecular weight excluding hydrogens is 240 g/mol. The second-order valence-corrected chi connectivity index (χ2v) is 5.07. The van der Waals surface area contributed by atoms with Gasteiger partial charge in [0.05, 0.1) is 12.7 Å². The quantitative estimate of drug-likeness (QED) is 0.876. The Labute approximate surface area is 115 Å². The third-order valence-electron chi connectivity index (χ3n) is 3.80. The minimum absolute atomic E-state index is 0.680. The van der Waals surface area contributed by atoms with Crippen molar-refractivity contribution in [1.82, 2.24) is 15.3 Å². The van der Waals surface area contributed by atoms with Crippen molar-refractivity contribution in [3.8, 4) is 5.88 Å². The van der Waals surface area contributed by atoms with Crippen molar-refractivity contribution in [3.63, 3.8) is 0 Å². The molecule has 0 aromatic carbocycles. The Morgan fingerprint density at radius 1 is 1.37 bits per heavy atom. The van der Waals surface area contributed by atoms with Crippen molar-refractivity contribution in [1.29, 1.82) is 0 Å². The second kappa shape index (κ2) is 6.70. The van der Waals surface area contributed by atoms with E-state index in [1.54, 1.807) is 13.4 Å². The lowest BCUT2D eigenvalue weighted by Crippen LogP contribution is -2.38. The van der Waals surface area contributed by atoms with Crippen LogP contribution in [0.5, 0.6) is 5.88 Å². The summed E-state index contributed by atoms with van der Waals surface area (Å²) in [5.41, 5.74) is 1.04. The van der Waals surface area contributed by atoms with Crippen molar-refractivity contribution in [2.24, 2.45) is 5.92 Å². The number of hydrogen-bond donors (Lipinski definition) is 1. The topological polar surface area (TPSA) is 50.3 Å². The van der Waals surface area contributed by atoms with Crippen molar-refractivity contribution >= 4 is 5.82 Å². The molecule has 0 spiro atoms. The van der Waals surface area contributed by atoms with Crippen LogP contribution in [-0.4, -0.2) is 43.3 Å². The monoisotopic (exact) mass is 264 g/mol. The number of nitrogens with one attached hydrogen (secondary N) is 1. The maximum absolute atomic E-state index is 5.26. The molecule has 2 rings (SSSR count). The number of piperidine rings is 1. The molecule has 0 bridgehead atoms. The summed E-state index contributed by atoms with van der Waals surface area (Å²) in [6.07, 6.45) is 4.03. The normalized spacial score (nSPS) is 16.7. The standard InChI is InChI=1S/C14H24N4O/c1-4-15-9-12-5-7-18(8-6-12)13-11(2)14(19-3)17-10-16-13/h10,12,15H,4-9H2,1-3H3. The van der Waals surface area contributed by atoms with Gasteiger partial charge < -0.3 is 15.0 Å². The summed E-state index contributed by atoms with van der Waals surface area (Å²) in [4.78, 5) is 10.9. The first-order chi connectivity index (χ1) is 9.26. The SMILES string of the molecule is CCNCC1CCN(c2ncnc(OC)c2C)CC1. The molecule has 2 heterocycles. The summed E-state index contributed by atoms with van der Waals surface area (Å²) in [7, 11) is 1.65. The summed E-state index contributed by atoms with van der Waals surface area (Å²) >= 11 is 0. The van der Waals surface area contributed by atoms with Gasteiger partial charge in [-0.25, -0.2) is 9.97 Å². The molecule has 0 saturated carbocycles. The molecule has 0 radical (unpaired) electrons. The number of ether oxygens (including phenoxy) is 1. The van der Waals surface area contributed by atoms with Crippen LogP contribution in [0.4, 0.5) is 5.82 Å². The number of methoxy groups -OCH3 is 1. The van der Waals surface area contributed by atoms with E-state index in [9.17, 15) is 0 Å². The lowest BCUT2D eigenvalue weighted by Gasteiger charge is -2.33. The smallest absolute Gasteiger partial charge is 0.221 e. The Kier molecular flexibility index (Phi) is 4.96. The molecule has 0 amide bonds. The summed E-state index contributed by atoms with van der Waals surface area (Å²) in [5, 5.41) is 3.44. The maximum Gasteiger partial charge on any atom is 0.221 e. The molecule has 5 heteroatoms. The van der Waals surface area contributed by atoms with Crippen LogP contribution in [0.25, 0.3) is 0 Å². The van der Waals surface area contributed by atoms with Crippen molar-refractivity contribution < 1.29 is 4.74 Å². The number of anilines is 1. The Balaban J connectivity index is 1.98. The first-order valence-corrected chi connectivity index (χ1v) is 7.07. The van der Waals surface area contributed by atoms with Crippen LogP contribution in [-0.2, 0) is 0 Å². The van der Waals surface area contributed by atoms with E-state index in [2.05, 4.69) is 27.1 Å². The summed E-state index contributed by atoms with van der Waals surface area (Å²) in [6, 6.07) is 0. The molecule has 1 aliphatic rings. The zero-order valence-electron chi connectivity index (χ0n) is 12.1. The van der Waals surface area contributed by atoms with Gasteiger partial charge in [-0.15, -0.1) is 0 Å². The van der Waals surface area contributed by atoms with Gasteiger partial charge in [0.15, 0.2) is 0 Å². The fourth-order valence-electron chi connectivity index (χ4n) is 2.65. The average molecular weight is 264 g/mol. The Morgan fingerprint density at radius 3 is 2.74 bits per heavy atom. The lowest BCUT2D eigenvalue weighted by molar-refractivity contribution is 0.380. The first-order valence-electron chi connectivity index (χ1n) is 7.07. The van der Waals surface area contributed by atoms with E-state index >= 15 is 0 Å². The Hall–Kier alpha value is -1.36. The molecule has 1 saturated heterocycles. The van der Waals surface area contributed by atoms with Gasteiger partial charge in [0.1, 0.15) is 12.1 Å². The molecule has 19 heavy (non-hydrogen) atoms. The Bertz CT molecular complexity index is 402. The van der Waals surface area contributed by atoms with Crippen LogP contribution in [0.3, 0.4) is 0 Å². The summed E-state index contributed by atoms with van der Waals surface area (Å²) in [6.45, 7) is 8.51. The van der Waals surface area contributed by atoms with Gasteiger partial charge in [0.25, 0.3) is 0 Å². The van der Waals surface area contributed by atoms with Crippen molar-refractivity contribution in [2.45, 2.75) is 26.7 Å². The van der Waals surface area contributed by atoms with E-state index < -0.39 is 0 Å². The van der Waals surface area contributed by atoms with Gasteiger partial charge in [-0.2, -0.15) is 0 Å². The van der Waals surface area contributed by atoms with Gasteiger partial charge in [0.2, 0.25) is 5.88 Å². The van der Waals surface area contributed by atoms with E-state index in [0.717, 1.165) is 43.5 Å². The van der Waals surface area contributed by atoms with Gasteiger partial charge in [-0.05, 0) is 38.8 Å². The molecule has 5 nitrogen and oxygen atoms in total. The van der Waals surface area contributed by atoms with E-state index in [1.165, 1.54) is 12.8 Å². The highest BCUT2D eigenvalue weighted by atomic mass is 16.5. The number of nitrogens with zero attached hydrogens (tertiary/aromatic N) is 3. The van der Waals surface area contributed by atoms with E-state index in [-0.39, 0.29) is 0 Å². The van der Waals surface area contributed by atoms with Crippen LogP contribution in [0.2, 0.25) is 0 Å². The minimum Gasteiger partial charge on any atom is -0.481 e. The first kappa shape index (κ1) is 14.1. The van der Waals surface area contributed by atoms with Gasteiger partial charge >= 0.3 is 0 Å². The number of hydrogen-bond acceptors (Lipinski definition) is 5.